The summed E-state index contributed by atoms with van der Waals surface area (Å²) in [6, 6.07) is 21.8. The summed E-state index contributed by atoms with van der Waals surface area (Å²) in [6.07, 6.45) is 1.21. The first-order valence-electron chi connectivity index (χ1n) is 9.97. The van der Waals surface area contributed by atoms with Crippen molar-refractivity contribution in [3.8, 4) is 0 Å². The Bertz CT molecular complexity index is 1460. The molecule has 6 aromatic rings. The second-order valence-electron chi connectivity index (χ2n) is 7.97. The zero-order valence-electron chi connectivity index (χ0n) is 15.8. The van der Waals surface area contributed by atoms with Gasteiger partial charge in [-0.25, -0.2) is 0 Å². The van der Waals surface area contributed by atoms with E-state index < -0.39 is 7.60 Å². The molecule has 144 valence electrons. The molecular weight excluding hydrogens is 381 g/mol. The SMILES string of the molecule is O=P(O)(O)CCCCn1c2ccc3cccc4c5cccc6ccc1c(c65)c2c34. The van der Waals surface area contributed by atoms with Crippen LogP contribution in [0.3, 0.4) is 0 Å². The highest BCUT2D eigenvalue weighted by molar-refractivity contribution is 7.51. The van der Waals surface area contributed by atoms with Crippen molar-refractivity contribution in [2.75, 3.05) is 6.16 Å². The van der Waals surface area contributed by atoms with Gasteiger partial charge in [0.05, 0.1) is 0 Å². The van der Waals surface area contributed by atoms with Crippen LogP contribution in [0.4, 0.5) is 0 Å². The Morgan fingerprint density at radius 1 is 0.690 bits per heavy atom. The lowest BCUT2D eigenvalue weighted by Gasteiger charge is -2.12. The topological polar surface area (TPSA) is 62.5 Å². The van der Waals surface area contributed by atoms with Crippen LogP contribution in [0.15, 0.2) is 60.7 Å². The van der Waals surface area contributed by atoms with E-state index in [1.807, 2.05) is 0 Å². The Kier molecular flexibility index (Phi) is 3.52. The first-order chi connectivity index (χ1) is 14.0. The Balaban J connectivity index is 1.66. The standard InChI is InChI=1S/C24H20NO3P/c26-29(27,28)14-2-1-13-25-19-11-9-15-5-3-7-17-18-8-4-6-16-10-12-20(25)24(22(16)18)23(19)21(15)17/h3-12H,1-2,13-14H2,(H2,26,27,28). The number of aromatic nitrogens is 1. The molecule has 1 heterocycles. The van der Waals surface area contributed by atoms with Gasteiger partial charge >= 0.3 is 7.60 Å². The van der Waals surface area contributed by atoms with Gasteiger partial charge in [-0.3, -0.25) is 4.57 Å². The molecule has 0 atom stereocenters. The maximum atomic E-state index is 11.2. The number of benzene rings is 5. The quantitative estimate of drug-likeness (QED) is 0.159. The van der Waals surface area contributed by atoms with E-state index in [1.165, 1.54) is 54.1 Å². The van der Waals surface area contributed by atoms with Crippen LogP contribution >= 0.6 is 7.60 Å². The minimum absolute atomic E-state index is 0.0513. The predicted octanol–water partition coefficient (Wildman–Crippen LogP) is 6.09. The summed E-state index contributed by atoms with van der Waals surface area (Å²) in [7, 11) is -3.94. The molecule has 5 heteroatoms. The van der Waals surface area contributed by atoms with E-state index in [0.717, 1.165) is 13.0 Å². The molecule has 0 aliphatic heterocycles. The van der Waals surface area contributed by atoms with Gasteiger partial charge in [0.25, 0.3) is 0 Å². The third kappa shape index (κ3) is 2.43. The van der Waals surface area contributed by atoms with Crippen molar-refractivity contribution in [1.82, 2.24) is 4.57 Å². The van der Waals surface area contributed by atoms with Gasteiger partial charge in [-0.05, 0) is 57.3 Å². The maximum absolute atomic E-state index is 11.2. The van der Waals surface area contributed by atoms with Gasteiger partial charge in [0, 0.05) is 34.5 Å². The third-order valence-electron chi connectivity index (χ3n) is 6.25. The summed E-state index contributed by atoms with van der Waals surface area (Å²) in [4.78, 5) is 18.3. The molecule has 1 aromatic heterocycles. The lowest BCUT2D eigenvalue weighted by atomic mass is 9.90. The van der Waals surface area contributed by atoms with Crippen LogP contribution in [-0.2, 0) is 11.1 Å². The largest absolute Gasteiger partial charge is 0.340 e. The van der Waals surface area contributed by atoms with Gasteiger partial charge in [0.15, 0.2) is 0 Å². The Morgan fingerprint density at radius 2 is 1.24 bits per heavy atom. The van der Waals surface area contributed by atoms with E-state index >= 15 is 0 Å². The lowest BCUT2D eigenvalue weighted by molar-refractivity contribution is 0.370. The van der Waals surface area contributed by atoms with Crippen LogP contribution in [-0.4, -0.2) is 20.5 Å². The number of nitrogens with zero attached hydrogens (tertiary/aromatic N) is 1. The van der Waals surface area contributed by atoms with Crippen LogP contribution < -0.4 is 0 Å². The summed E-state index contributed by atoms with van der Waals surface area (Å²) < 4.78 is 13.5. The molecule has 0 radical (unpaired) electrons. The van der Waals surface area contributed by atoms with Crippen LogP contribution in [0.5, 0.6) is 0 Å². The average molecular weight is 401 g/mol. The van der Waals surface area contributed by atoms with Gasteiger partial charge in [-0.2, -0.15) is 0 Å². The Hall–Kier alpha value is -2.65. The highest BCUT2D eigenvalue weighted by Crippen LogP contribution is 2.46. The molecule has 4 nitrogen and oxygen atoms in total. The molecule has 0 fully saturated rings. The van der Waals surface area contributed by atoms with E-state index in [2.05, 4.69) is 65.2 Å². The fourth-order valence-electron chi connectivity index (χ4n) is 5.10. The summed E-state index contributed by atoms with van der Waals surface area (Å²) in [5, 5.41) is 10.3. The van der Waals surface area contributed by atoms with Crippen molar-refractivity contribution in [3.63, 3.8) is 0 Å². The second kappa shape index (κ2) is 5.93. The smallest absolute Gasteiger partial charge is 0.325 e. The average Bonchev–Trinajstić information content (AvgIpc) is 3.04. The highest BCUT2D eigenvalue weighted by atomic mass is 31.2. The van der Waals surface area contributed by atoms with Gasteiger partial charge in [0.1, 0.15) is 0 Å². The molecular formula is C24H20NO3P. The molecule has 0 amide bonds. The molecule has 29 heavy (non-hydrogen) atoms. The minimum atomic E-state index is -3.94. The van der Waals surface area contributed by atoms with Crippen LogP contribution in [0, 0.1) is 0 Å². The molecule has 0 aliphatic carbocycles. The molecule has 0 unspecified atom stereocenters. The van der Waals surface area contributed by atoms with Crippen molar-refractivity contribution in [1.29, 1.82) is 0 Å². The van der Waals surface area contributed by atoms with Crippen molar-refractivity contribution < 1.29 is 14.4 Å². The summed E-state index contributed by atoms with van der Waals surface area (Å²) in [5.74, 6) is 0. The molecule has 0 aliphatic rings. The Morgan fingerprint density at radius 3 is 1.76 bits per heavy atom. The van der Waals surface area contributed by atoms with E-state index in [1.54, 1.807) is 0 Å². The van der Waals surface area contributed by atoms with E-state index in [0.29, 0.717) is 6.42 Å². The van der Waals surface area contributed by atoms with Gasteiger partial charge < -0.3 is 14.4 Å². The van der Waals surface area contributed by atoms with E-state index in [4.69, 9.17) is 9.79 Å². The lowest BCUT2D eigenvalue weighted by Crippen LogP contribution is -1.99. The molecule has 2 N–H and O–H groups in total. The first-order valence-corrected chi connectivity index (χ1v) is 11.8. The number of rotatable bonds is 5. The summed E-state index contributed by atoms with van der Waals surface area (Å²) in [6.45, 7) is 0.751. The van der Waals surface area contributed by atoms with Gasteiger partial charge in [-0.15, -0.1) is 0 Å². The van der Waals surface area contributed by atoms with Gasteiger partial charge in [-0.1, -0.05) is 48.5 Å². The molecule has 6 rings (SSSR count). The van der Waals surface area contributed by atoms with Crippen molar-refractivity contribution in [2.24, 2.45) is 0 Å². The number of fused-ring (bicyclic) bond motifs is 1. The van der Waals surface area contributed by atoms with E-state index in [-0.39, 0.29) is 6.16 Å². The second-order valence-corrected chi connectivity index (χ2v) is 9.75. The normalized spacial score (nSPS) is 13.2. The minimum Gasteiger partial charge on any atom is -0.340 e. The Labute approximate surface area is 167 Å². The van der Waals surface area contributed by atoms with Crippen LogP contribution in [0.25, 0.3) is 54.1 Å². The zero-order valence-corrected chi connectivity index (χ0v) is 16.7. The van der Waals surface area contributed by atoms with Gasteiger partial charge in [0.2, 0.25) is 0 Å². The van der Waals surface area contributed by atoms with Crippen LogP contribution in [0.2, 0.25) is 0 Å². The monoisotopic (exact) mass is 401 g/mol. The molecule has 5 aromatic carbocycles. The predicted molar refractivity (Wildman–Crippen MR) is 120 cm³/mol. The summed E-state index contributed by atoms with van der Waals surface area (Å²) in [5.41, 5.74) is 2.41. The molecule has 0 bridgehead atoms. The molecule has 0 saturated heterocycles. The number of unbranched alkanes of at least 4 members (excludes halogenated alkanes) is 1. The zero-order chi connectivity index (χ0) is 19.8. The highest BCUT2D eigenvalue weighted by Gasteiger charge is 2.21. The third-order valence-corrected chi connectivity index (χ3v) is 7.15. The number of aryl methyl sites for hydroxylation is 1. The molecule has 0 spiro atoms. The van der Waals surface area contributed by atoms with Crippen molar-refractivity contribution >= 4 is 61.7 Å². The van der Waals surface area contributed by atoms with Crippen LogP contribution in [0.1, 0.15) is 12.8 Å². The first kappa shape index (κ1) is 17.2. The van der Waals surface area contributed by atoms with Crippen molar-refractivity contribution in [2.45, 2.75) is 19.4 Å². The van der Waals surface area contributed by atoms with Crippen molar-refractivity contribution in [3.05, 3.63) is 60.7 Å². The number of hydrogen-bond donors (Lipinski definition) is 2. The summed E-state index contributed by atoms with van der Waals surface area (Å²) >= 11 is 0. The number of hydrogen-bond acceptors (Lipinski definition) is 1. The maximum Gasteiger partial charge on any atom is 0.325 e. The molecule has 0 saturated carbocycles. The fraction of sp³-hybridized carbons (Fsp3) is 0.167. The van der Waals surface area contributed by atoms with E-state index in [9.17, 15) is 4.57 Å². The fourth-order valence-corrected chi connectivity index (χ4v) is 5.74.